The highest BCUT2D eigenvalue weighted by Crippen LogP contribution is 2.13. The summed E-state index contributed by atoms with van der Waals surface area (Å²) in [6.45, 7) is 5.71. The number of hydrogen-bond acceptors (Lipinski definition) is 3. The van der Waals surface area contributed by atoms with Gasteiger partial charge in [0.1, 0.15) is 5.60 Å². The van der Waals surface area contributed by atoms with Crippen LogP contribution in [0.15, 0.2) is 30.3 Å². The van der Waals surface area contributed by atoms with Crippen LogP contribution in [0.5, 0.6) is 0 Å². The van der Waals surface area contributed by atoms with Gasteiger partial charge in [0.25, 0.3) is 0 Å². The van der Waals surface area contributed by atoms with Gasteiger partial charge in [0, 0.05) is 6.54 Å². The van der Waals surface area contributed by atoms with E-state index in [-0.39, 0.29) is 6.04 Å². The molecule has 1 unspecified atom stereocenters. The second-order valence-electron chi connectivity index (χ2n) is 5.14. The average Bonchev–Trinajstić information content (AvgIpc) is 2.33. The topological polar surface area (TPSA) is 67.4 Å². The molecule has 0 radical (unpaired) electrons. The lowest BCUT2D eigenvalue weighted by Crippen LogP contribution is -2.38. The monoisotopic (exact) mass is 264 g/mol. The van der Waals surface area contributed by atoms with Crippen LogP contribution >= 0.6 is 0 Å². The minimum absolute atomic E-state index is 0.312. The quantitative estimate of drug-likeness (QED) is 0.799. The summed E-state index contributed by atoms with van der Waals surface area (Å²) in [5.74, 6) is 0. The molecule has 0 heterocycles. The molecule has 0 saturated carbocycles. The Hall–Kier alpha value is -2.04. The van der Waals surface area contributed by atoms with Crippen molar-refractivity contribution >= 4 is 12.5 Å². The molecule has 0 aromatic heterocycles. The molecule has 0 fully saturated rings. The number of hydrogen-bond donors (Lipinski definition) is 2. The summed E-state index contributed by atoms with van der Waals surface area (Å²) in [6.07, 6.45) is 0.0984. The highest BCUT2D eigenvalue weighted by atomic mass is 16.6. The fraction of sp³-hybridized carbons (Fsp3) is 0.429. The van der Waals surface area contributed by atoms with E-state index in [1.54, 1.807) is 20.8 Å². The Morgan fingerprint density at radius 3 is 2.47 bits per heavy atom. The molecule has 0 bridgehead atoms. The summed E-state index contributed by atoms with van der Waals surface area (Å²) < 4.78 is 5.20. The van der Waals surface area contributed by atoms with Crippen molar-refractivity contribution in [2.45, 2.75) is 32.4 Å². The molecule has 1 atom stereocenters. The van der Waals surface area contributed by atoms with E-state index >= 15 is 0 Å². The lowest BCUT2D eigenvalue weighted by molar-refractivity contribution is -0.109. The molecule has 0 aliphatic heterocycles. The van der Waals surface area contributed by atoms with Crippen molar-refractivity contribution in [1.82, 2.24) is 10.6 Å². The molecule has 1 aromatic carbocycles. The third-order valence-corrected chi connectivity index (χ3v) is 2.30. The van der Waals surface area contributed by atoms with Crippen molar-refractivity contribution in [2.75, 3.05) is 6.54 Å². The van der Waals surface area contributed by atoms with E-state index in [1.807, 2.05) is 30.3 Å². The predicted octanol–water partition coefficient (Wildman–Crippen LogP) is 2.00. The number of amides is 2. The maximum absolute atomic E-state index is 11.8. The van der Waals surface area contributed by atoms with Crippen LogP contribution in [0.1, 0.15) is 32.4 Å². The molecule has 104 valence electrons. The van der Waals surface area contributed by atoms with Crippen molar-refractivity contribution in [2.24, 2.45) is 0 Å². The van der Waals surface area contributed by atoms with E-state index in [4.69, 9.17) is 4.74 Å². The van der Waals surface area contributed by atoms with Crippen LogP contribution in [0.3, 0.4) is 0 Å². The standard InChI is InChI=1S/C14H20N2O3/c1-14(2,3)19-13(18)16-12(9-15-10-17)11-7-5-4-6-8-11/h4-8,10,12H,9H2,1-3H3,(H,15,17)(H,16,18). The minimum atomic E-state index is -0.552. The number of carbonyl (C=O) groups is 2. The maximum Gasteiger partial charge on any atom is 0.408 e. The van der Waals surface area contributed by atoms with Crippen molar-refractivity contribution in [3.05, 3.63) is 35.9 Å². The first-order valence-electron chi connectivity index (χ1n) is 6.14. The van der Waals surface area contributed by atoms with Crippen LogP contribution in [0.4, 0.5) is 4.79 Å². The first-order valence-corrected chi connectivity index (χ1v) is 6.14. The molecule has 0 aliphatic rings. The summed E-state index contributed by atoms with van der Waals surface area (Å²) in [6, 6.07) is 9.09. The van der Waals surface area contributed by atoms with Gasteiger partial charge in [0.05, 0.1) is 6.04 Å². The Labute approximate surface area is 113 Å². The van der Waals surface area contributed by atoms with E-state index < -0.39 is 11.7 Å². The van der Waals surface area contributed by atoms with Gasteiger partial charge < -0.3 is 15.4 Å². The Morgan fingerprint density at radius 2 is 1.95 bits per heavy atom. The van der Waals surface area contributed by atoms with E-state index in [0.29, 0.717) is 13.0 Å². The molecule has 1 rings (SSSR count). The van der Waals surface area contributed by atoms with Crippen LogP contribution in [0, 0.1) is 0 Å². The number of carbonyl (C=O) groups excluding carboxylic acids is 2. The fourth-order valence-corrected chi connectivity index (χ4v) is 1.55. The number of ether oxygens (including phenoxy) is 1. The van der Waals surface area contributed by atoms with Gasteiger partial charge in [-0.1, -0.05) is 30.3 Å². The number of nitrogens with one attached hydrogen (secondary N) is 2. The molecule has 5 nitrogen and oxygen atoms in total. The number of benzene rings is 1. The molecule has 5 heteroatoms. The Balaban J connectivity index is 2.70. The van der Waals surface area contributed by atoms with Crippen molar-refractivity contribution in [3.8, 4) is 0 Å². The molecule has 19 heavy (non-hydrogen) atoms. The Bertz CT molecular complexity index is 412. The summed E-state index contributed by atoms with van der Waals surface area (Å²) in [7, 11) is 0. The summed E-state index contributed by atoms with van der Waals surface area (Å²) in [4.78, 5) is 22.2. The summed E-state index contributed by atoms with van der Waals surface area (Å²) >= 11 is 0. The Kier molecular flexibility index (Phi) is 5.36. The van der Waals surface area contributed by atoms with Gasteiger partial charge >= 0.3 is 6.09 Å². The molecule has 0 aliphatic carbocycles. The second-order valence-corrected chi connectivity index (χ2v) is 5.14. The maximum atomic E-state index is 11.8. The molecule has 0 saturated heterocycles. The number of alkyl carbamates (subject to hydrolysis) is 1. The molecular formula is C14H20N2O3. The highest BCUT2D eigenvalue weighted by molar-refractivity contribution is 5.68. The van der Waals surface area contributed by atoms with Crippen molar-refractivity contribution in [1.29, 1.82) is 0 Å². The molecular weight excluding hydrogens is 244 g/mol. The van der Waals surface area contributed by atoms with Crippen LogP contribution in [-0.4, -0.2) is 24.6 Å². The predicted molar refractivity (Wildman–Crippen MR) is 72.6 cm³/mol. The van der Waals surface area contributed by atoms with Gasteiger partial charge in [-0.3, -0.25) is 4.79 Å². The zero-order chi connectivity index (χ0) is 14.3. The lowest BCUT2D eigenvalue weighted by atomic mass is 10.1. The van der Waals surface area contributed by atoms with E-state index in [2.05, 4.69) is 10.6 Å². The van der Waals surface area contributed by atoms with Gasteiger partial charge in [-0.25, -0.2) is 4.79 Å². The van der Waals surface area contributed by atoms with Crippen LogP contribution in [0.25, 0.3) is 0 Å². The van der Waals surface area contributed by atoms with E-state index in [9.17, 15) is 9.59 Å². The van der Waals surface area contributed by atoms with Crippen LogP contribution < -0.4 is 10.6 Å². The highest BCUT2D eigenvalue weighted by Gasteiger charge is 2.20. The second kappa shape index (κ2) is 6.78. The normalized spacial score (nSPS) is 12.4. The molecule has 0 spiro atoms. The van der Waals surface area contributed by atoms with Crippen LogP contribution in [-0.2, 0) is 9.53 Å². The van der Waals surface area contributed by atoms with Gasteiger partial charge in [0.2, 0.25) is 6.41 Å². The molecule has 2 amide bonds. The van der Waals surface area contributed by atoms with Gasteiger partial charge in [-0.05, 0) is 26.3 Å². The zero-order valence-electron chi connectivity index (χ0n) is 11.5. The third kappa shape index (κ3) is 5.90. The third-order valence-electron chi connectivity index (χ3n) is 2.30. The molecule has 1 aromatic rings. The van der Waals surface area contributed by atoms with Crippen molar-refractivity contribution < 1.29 is 14.3 Å². The van der Waals surface area contributed by atoms with E-state index in [1.165, 1.54) is 0 Å². The first kappa shape index (κ1) is 15.0. The summed E-state index contributed by atoms with van der Waals surface area (Å²) in [5.41, 5.74) is 0.353. The van der Waals surface area contributed by atoms with Gasteiger partial charge in [-0.2, -0.15) is 0 Å². The van der Waals surface area contributed by atoms with Crippen molar-refractivity contribution in [3.63, 3.8) is 0 Å². The fourth-order valence-electron chi connectivity index (χ4n) is 1.55. The average molecular weight is 264 g/mol. The SMILES string of the molecule is CC(C)(C)OC(=O)NC(CNC=O)c1ccccc1. The van der Waals surface area contributed by atoms with E-state index in [0.717, 1.165) is 5.56 Å². The van der Waals surface area contributed by atoms with Crippen LogP contribution in [0.2, 0.25) is 0 Å². The van der Waals surface area contributed by atoms with Gasteiger partial charge in [-0.15, -0.1) is 0 Å². The molecule has 2 N–H and O–H groups in total. The lowest BCUT2D eigenvalue weighted by Gasteiger charge is -2.23. The largest absolute Gasteiger partial charge is 0.444 e. The number of rotatable bonds is 5. The smallest absolute Gasteiger partial charge is 0.408 e. The minimum Gasteiger partial charge on any atom is -0.444 e. The van der Waals surface area contributed by atoms with Gasteiger partial charge in [0.15, 0.2) is 0 Å². The zero-order valence-corrected chi connectivity index (χ0v) is 11.5. The summed E-state index contributed by atoms with van der Waals surface area (Å²) in [5, 5.41) is 5.31. The first-order chi connectivity index (χ1) is 8.92. The Morgan fingerprint density at radius 1 is 1.32 bits per heavy atom.